The van der Waals surface area contributed by atoms with E-state index in [4.69, 9.17) is 4.74 Å². The van der Waals surface area contributed by atoms with E-state index < -0.39 is 0 Å². The second-order valence-corrected chi connectivity index (χ2v) is 4.54. The molecule has 0 saturated heterocycles. The van der Waals surface area contributed by atoms with Gasteiger partial charge in [0.05, 0.1) is 13.2 Å². The summed E-state index contributed by atoms with van der Waals surface area (Å²) < 4.78 is 4.88. The molecule has 1 amide bonds. The first-order valence-electron chi connectivity index (χ1n) is 7.23. The summed E-state index contributed by atoms with van der Waals surface area (Å²) in [5, 5.41) is 9.04. The summed E-state index contributed by atoms with van der Waals surface area (Å²) in [6.45, 7) is 7.92. The molecule has 0 bridgehead atoms. The quantitative estimate of drug-likeness (QED) is 0.588. The molecule has 7 nitrogen and oxygen atoms in total. The fourth-order valence-corrected chi connectivity index (χ4v) is 1.75. The van der Waals surface area contributed by atoms with Gasteiger partial charge in [0.25, 0.3) is 0 Å². The van der Waals surface area contributed by atoms with Crippen molar-refractivity contribution in [1.82, 2.24) is 15.3 Å². The first kappa shape index (κ1) is 17.2. The molecular formula is C14H25N5O2. The summed E-state index contributed by atoms with van der Waals surface area (Å²) in [7, 11) is 1.60. The number of nitrogens with zero attached hydrogens (tertiary/aromatic N) is 2. The minimum Gasteiger partial charge on any atom is -0.383 e. The van der Waals surface area contributed by atoms with Crippen LogP contribution in [0.15, 0.2) is 0 Å². The maximum atomic E-state index is 11.7. The van der Waals surface area contributed by atoms with E-state index in [0.717, 1.165) is 30.2 Å². The summed E-state index contributed by atoms with van der Waals surface area (Å²) in [6.07, 6.45) is 0.743. The molecule has 3 N–H and O–H groups in total. The van der Waals surface area contributed by atoms with Crippen molar-refractivity contribution in [2.75, 3.05) is 44.0 Å². The van der Waals surface area contributed by atoms with Crippen molar-refractivity contribution in [1.29, 1.82) is 0 Å². The third kappa shape index (κ3) is 5.55. The number of anilines is 2. The molecule has 1 rings (SSSR count). The van der Waals surface area contributed by atoms with Gasteiger partial charge in [-0.1, -0.05) is 6.92 Å². The van der Waals surface area contributed by atoms with Crippen molar-refractivity contribution in [2.45, 2.75) is 27.2 Å². The van der Waals surface area contributed by atoms with Crippen molar-refractivity contribution in [3.63, 3.8) is 0 Å². The number of nitrogens with one attached hydrogen (secondary N) is 3. The lowest BCUT2D eigenvalue weighted by atomic mass is 10.3. The van der Waals surface area contributed by atoms with Crippen LogP contribution in [0, 0.1) is 6.92 Å². The number of carbonyl (C=O) groups excluding carboxylic acids is 1. The van der Waals surface area contributed by atoms with Crippen LogP contribution < -0.4 is 16.0 Å². The van der Waals surface area contributed by atoms with E-state index in [2.05, 4.69) is 25.9 Å². The summed E-state index contributed by atoms with van der Waals surface area (Å²) in [6, 6.07) is 0. The van der Waals surface area contributed by atoms with Gasteiger partial charge in [-0.05, 0) is 13.8 Å². The first-order chi connectivity index (χ1) is 10.1. The molecule has 0 saturated carbocycles. The van der Waals surface area contributed by atoms with E-state index in [-0.39, 0.29) is 12.5 Å². The van der Waals surface area contributed by atoms with Gasteiger partial charge in [0.15, 0.2) is 0 Å². The average molecular weight is 295 g/mol. The van der Waals surface area contributed by atoms with Crippen LogP contribution >= 0.6 is 0 Å². The zero-order chi connectivity index (χ0) is 15.7. The van der Waals surface area contributed by atoms with Gasteiger partial charge in [-0.15, -0.1) is 0 Å². The molecule has 0 atom stereocenters. The Morgan fingerprint density at radius 1 is 1.19 bits per heavy atom. The summed E-state index contributed by atoms with van der Waals surface area (Å²) in [5.74, 6) is 2.17. The predicted octanol–water partition coefficient (Wildman–Crippen LogP) is 0.954. The van der Waals surface area contributed by atoms with Gasteiger partial charge in [0.2, 0.25) is 5.91 Å². The Labute approximate surface area is 125 Å². The van der Waals surface area contributed by atoms with Crippen LogP contribution in [0.1, 0.15) is 25.2 Å². The topological polar surface area (TPSA) is 88.2 Å². The zero-order valence-corrected chi connectivity index (χ0v) is 13.2. The van der Waals surface area contributed by atoms with E-state index >= 15 is 0 Å². The van der Waals surface area contributed by atoms with Crippen LogP contribution in [-0.2, 0) is 16.0 Å². The third-order valence-corrected chi connectivity index (χ3v) is 2.90. The smallest absolute Gasteiger partial charge is 0.239 e. The van der Waals surface area contributed by atoms with Crippen molar-refractivity contribution >= 4 is 17.5 Å². The number of aryl methyl sites for hydroxylation is 1. The number of aromatic nitrogens is 2. The fraction of sp³-hybridized carbons (Fsp3) is 0.643. The van der Waals surface area contributed by atoms with E-state index in [0.29, 0.717) is 19.0 Å². The number of methoxy groups -OCH3 is 1. The van der Waals surface area contributed by atoms with Crippen LogP contribution in [0.5, 0.6) is 0 Å². The molecule has 0 spiro atoms. The van der Waals surface area contributed by atoms with Gasteiger partial charge in [0, 0.05) is 32.2 Å². The van der Waals surface area contributed by atoms with Gasteiger partial charge in [-0.25, -0.2) is 9.97 Å². The van der Waals surface area contributed by atoms with Crippen LogP contribution in [0.4, 0.5) is 11.6 Å². The highest BCUT2D eigenvalue weighted by atomic mass is 16.5. The number of carbonyl (C=O) groups is 1. The number of hydrogen-bond donors (Lipinski definition) is 3. The summed E-state index contributed by atoms with van der Waals surface area (Å²) in [5.41, 5.74) is 0.916. The van der Waals surface area contributed by atoms with Crippen molar-refractivity contribution in [2.24, 2.45) is 0 Å². The molecule has 21 heavy (non-hydrogen) atoms. The monoisotopic (exact) mass is 295 g/mol. The maximum absolute atomic E-state index is 11.7. The molecule has 0 aliphatic carbocycles. The second-order valence-electron chi connectivity index (χ2n) is 4.54. The van der Waals surface area contributed by atoms with E-state index in [9.17, 15) is 4.79 Å². The van der Waals surface area contributed by atoms with Crippen molar-refractivity contribution in [3.8, 4) is 0 Å². The minimum absolute atomic E-state index is 0.0897. The molecule has 1 aromatic heterocycles. The highest BCUT2D eigenvalue weighted by molar-refractivity contribution is 5.80. The van der Waals surface area contributed by atoms with Gasteiger partial charge in [-0.3, -0.25) is 4.79 Å². The molecule has 0 fully saturated rings. The van der Waals surface area contributed by atoms with Crippen molar-refractivity contribution < 1.29 is 9.53 Å². The Morgan fingerprint density at radius 2 is 1.86 bits per heavy atom. The normalized spacial score (nSPS) is 10.3. The highest BCUT2D eigenvalue weighted by Gasteiger charge is 2.10. The number of hydrogen-bond acceptors (Lipinski definition) is 6. The largest absolute Gasteiger partial charge is 0.383 e. The standard InChI is InChI=1S/C14H25N5O2/c1-5-11-18-13(15-6-2)10(3)14(19-11)17-9-12(20)16-7-8-21-4/h5-9H2,1-4H3,(H,16,20)(H2,15,17,18,19). The predicted molar refractivity (Wildman–Crippen MR) is 83.7 cm³/mol. The first-order valence-corrected chi connectivity index (χ1v) is 7.23. The molecule has 0 radical (unpaired) electrons. The molecule has 0 aliphatic rings. The Balaban J connectivity index is 2.69. The van der Waals surface area contributed by atoms with Crippen molar-refractivity contribution in [3.05, 3.63) is 11.4 Å². The molecule has 0 unspecified atom stereocenters. The molecule has 7 heteroatoms. The van der Waals surface area contributed by atoms with E-state index in [1.54, 1.807) is 7.11 Å². The van der Waals surface area contributed by atoms with Crippen LogP contribution in [0.25, 0.3) is 0 Å². The molecule has 118 valence electrons. The lowest BCUT2D eigenvalue weighted by Crippen LogP contribution is -2.32. The Morgan fingerprint density at radius 3 is 2.43 bits per heavy atom. The van der Waals surface area contributed by atoms with Gasteiger partial charge in [-0.2, -0.15) is 0 Å². The number of amides is 1. The molecular weight excluding hydrogens is 270 g/mol. The SMILES string of the molecule is CCNc1nc(CC)nc(NCC(=O)NCCOC)c1C. The van der Waals surface area contributed by atoms with E-state index in [1.165, 1.54) is 0 Å². The van der Waals surface area contributed by atoms with Crippen LogP contribution in [0.2, 0.25) is 0 Å². The molecule has 1 aromatic rings. The van der Waals surface area contributed by atoms with Gasteiger partial charge >= 0.3 is 0 Å². The zero-order valence-electron chi connectivity index (χ0n) is 13.2. The van der Waals surface area contributed by atoms with Crippen LogP contribution in [-0.4, -0.2) is 49.2 Å². The summed E-state index contributed by atoms with van der Waals surface area (Å²) in [4.78, 5) is 20.6. The van der Waals surface area contributed by atoms with E-state index in [1.807, 2.05) is 20.8 Å². The highest BCUT2D eigenvalue weighted by Crippen LogP contribution is 2.19. The lowest BCUT2D eigenvalue weighted by Gasteiger charge is -2.14. The Bertz CT molecular complexity index is 465. The van der Waals surface area contributed by atoms with Crippen LogP contribution in [0.3, 0.4) is 0 Å². The summed E-state index contributed by atoms with van der Waals surface area (Å²) >= 11 is 0. The minimum atomic E-state index is -0.0897. The molecule has 0 aliphatic heterocycles. The lowest BCUT2D eigenvalue weighted by molar-refractivity contribution is -0.119. The Kier molecular flexibility index (Phi) is 7.45. The Hall–Kier alpha value is -1.89. The maximum Gasteiger partial charge on any atom is 0.239 e. The number of ether oxygens (including phenoxy) is 1. The number of rotatable bonds is 9. The second kappa shape index (κ2) is 9.12. The third-order valence-electron chi connectivity index (χ3n) is 2.90. The molecule has 1 heterocycles. The average Bonchev–Trinajstić information content (AvgIpc) is 2.48. The fourth-order valence-electron chi connectivity index (χ4n) is 1.75. The van der Waals surface area contributed by atoms with Gasteiger partial charge < -0.3 is 20.7 Å². The molecule has 0 aromatic carbocycles. The van der Waals surface area contributed by atoms with Gasteiger partial charge in [0.1, 0.15) is 17.5 Å².